The smallest absolute Gasteiger partial charge is 0.109 e. The van der Waals surface area contributed by atoms with Gasteiger partial charge in [0.1, 0.15) is 6.67 Å². The molecule has 2 nitrogen and oxygen atoms in total. The van der Waals surface area contributed by atoms with Crippen molar-refractivity contribution in [3.05, 3.63) is 24.4 Å². The molecular formula is C10H16N2. The molecule has 0 amide bonds. The SMILES string of the molecule is C=C1N(C)CN=C/C=C\C1(C)C. The van der Waals surface area contributed by atoms with E-state index in [0.29, 0.717) is 6.67 Å². The first-order valence-electron chi connectivity index (χ1n) is 4.12. The molecule has 66 valence electrons. The molecule has 0 spiro atoms. The summed E-state index contributed by atoms with van der Waals surface area (Å²) in [5, 5.41) is 0. The lowest BCUT2D eigenvalue weighted by atomic mass is 9.88. The Morgan fingerprint density at radius 1 is 1.58 bits per heavy atom. The lowest BCUT2D eigenvalue weighted by Crippen LogP contribution is -2.28. The first kappa shape index (κ1) is 9.04. The molecule has 2 heteroatoms. The Morgan fingerprint density at radius 3 is 2.92 bits per heavy atom. The Morgan fingerprint density at radius 2 is 2.25 bits per heavy atom. The van der Waals surface area contributed by atoms with Gasteiger partial charge in [0, 0.05) is 24.4 Å². The molecule has 0 aromatic heterocycles. The maximum Gasteiger partial charge on any atom is 0.109 e. The Bertz CT molecular complexity index is 236. The largest absolute Gasteiger partial charge is 0.358 e. The van der Waals surface area contributed by atoms with Gasteiger partial charge in [-0.2, -0.15) is 0 Å². The van der Waals surface area contributed by atoms with Gasteiger partial charge in [0.15, 0.2) is 0 Å². The average molecular weight is 164 g/mol. The zero-order chi connectivity index (χ0) is 9.19. The fourth-order valence-corrected chi connectivity index (χ4v) is 1.19. The van der Waals surface area contributed by atoms with E-state index in [2.05, 4.69) is 36.4 Å². The lowest BCUT2D eigenvalue weighted by Gasteiger charge is -2.31. The summed E-state index contributed by atoms with van der Waals surface area (Å²) in [4.78, 5) is 6.25. The van der Waals surface area contributed by atoms with Crippen molar-refractivity contribution >= 4 is 6.21 Å². The van der Waals surface area contributed by atoms with Gasteiger partial charge < -0.3 is 4.90 Å². The first-order chi connectivity index (χ1) is 5.54. The zero-order valence-electron chi connectivity index (χ0n) is 8.04. The van der Waals surface area contributed by atoms with Gasteiger partial charge >= 0.3 is 0 Å². The average Bonchev–Trinajstić information content (AvgIpc) is 2.00. The Balaban J connectivity index is 2.92. The van der Waals surface area contributed by atoms with Crippen LogP contribution in [0.25, 0.3) is 0 Å². The summed E-state index contributed by atoms with van der Waals surface area (Å²) >= 11 is 0. The van der Waals surface area contributed by atoms with E-state index in [4.69, 9.17) is 0 Å². The molecule has 1 aliphatic rings. The third-order valence-corrected chi connectivity index (χ3v) is 2.20. The second-order valence-corrected chi connectivity index (χ2v) is 3.70. The summed E-state index contributed by atoms with van der Waals surface area (Å²) in [6.45, 7) is 9.06. The maximum atomic E-state index is 4.18. The van der Waals surface area contributed by atoms with Crippen LogP contribution < -0.4 is 0 Å². The van der Waals surface area contributed by atoms with Crippen LogP contribution in [0.3, 0.4) is 0 Å². The minimum Gasteiger partial charge on any atom is -0.358 e. The molecule has 1 rings (SSSR count). The summed E-state index contributed by atoms with van der Waals surface area (Å²) < 4.78 is 0. The molecule has 0 saturated carbocycles. The van der Waals surface area contributed by atoms with Crippen molar-refractivity contribution in [3.63, 3.8) is 0 Å². The predicted octanol–water partition coefficient (Wildman–Crippen LogP) is 2.06. The van der Waals surface area contributed by atoms with Gasteiger partial charge in [-0.15, -0.1) is 0 Å². The van der Waals surface area contributed by atoms with Crippen LogP contribution in [0.2, 0.25) is 0 Å². The minimum atomic E-state index is 0.0428. The summed E-state index contributed by atoms with van der Waals surface area (Å²) in [6.07, 6.45) is 5.94. The number of aliphatic imine (C=N–C) groups is 1. The van der Waals surface area contributed by atoms with E-state index < -0.39 is 0 Å². The van der Waals surface area contributed by atoms with Crippen molar-refractivity contribution < 1.29 is 0 Å². The molecule has 0 aliphatic carbocycles. The van der Waals surface area contributed by atoms with Crippen LogP contribution in [0.4, 0.5) is 0 Å². The number of hydrogen-bond acceptors (Lipinski definition) is 2. The van der Waals surface area contributed by atoms with Gasteiger partial charge in [-0.1, -0.05) is 26.5 Å². The van der Waals surface area contributed by atoms with E-state index >= 15 is 0 Å². The van der Waals surface area contributed by atoms with Crippen LogP contribution in [-0.2, 0) is 0 Å². The van der Waals surface area contributed by atoms with Crippen molar-refractivity contribution in [1.82, 2.24) is 4.90 Å². The molecule has 0 radical (unpaired) electrons. The van der Waals surface area contributed by atoms with E-state index in [9.17, 15) is 0 Å². The van der Waals surface area contributed by atoms with E-state index in [1.54, 1.807) is 0 Å². The summed E-state index contributed by atoms with van der Waals surface area (Å²) in [6, 6.07) is 0. The molecule has 0 saturated heterocycles. The molecule has 0 aromatic rings. The van der Waals surface area contributed by atoms with Crippen molar-refractivity contribution in [2.45, 2.75) is 13.8 Å². The molecule has 1 aliphatic heterocycles. The molecule has 1 heterocycles. The maximum absolute atomic E-state index is 4.18. The van der Waals surface area contributed by atoms with Crippen LogP contribution in [0, 0.1) is 5.41 Å². The van der Waals surface area contributed by atoms with Crippen LogP contribution >= 0.6 is 0 Å². The van der Waals surface area contributed by atoms with E-state index in [-0.39, 0.29) is 5.41 Å². The van der Waals surface area contributed by atoms with Crippen LogP contribution in [-0.4, -0.2) is 24.8 Å². The zero-order valence-corrected chi connectivity index (χ0v) is 8.04. The van der Waals surface area contributed by atoms with Gasteiger partial charge in [0.25, 0.3) is 0 Å². The third kappa shape index (κ3) is 1.76. The molecule has 0 N–H and O–H groups in total. The molecular weight excluding hydrogens is 148 g/mol. The number of nitrogens with zero attached hydrogens (tertiary/aromatic N) is 2. The first-order valence-corrected chi connectivity index (χ1v) is 4.12. The molecule has 0 unspecified atom stereocenters. The van der Waals surface area contributed by atoms with Crippen LogP contribution in [0.15, 0.2) is 29.4 Å². The summed E-state index contributed by atoms with van der Waals surface area (Å²) in [7, 11) is 2.01. The molecule has 0 fully saturated rings. The van der Waals surface area contributed by atoms with Crippen LogP contribution in [0.1, 0.15) is 13.8 Å². The third-order valence-electron chi connectivity index (χ3n) is 2.20. The van der Waals surface area contributed by atoms with Gasteiger partial charge in [0.05, 0.1) is 0 Å². The normalized spacial score (nSPS) is 24.9. The number of rotatable bonds is 0. The highest BCUT2D eigenvalue weighted by Crippen LogP contribution is 2.28. The van der Waals surface area contributed by atoms with Crippen molar-refractivity contribution in [2.75, 3.05) is 13.7 Å². The Kier molecular flexibility index (Phi) is 2.36. The fourth-order valence-electron chi connectivity index (χ4n) is 1.19. The monoisotopic (exact) mass is 164 g/mol. The lowest BCUT2D eigenvalue weighted by molar-refractivity contribution is 0.343. The number of hydrogen-bond donors (Lipinski definition) is 0. The summed E-state index contributed by atoms with van der Waals surface area (Å²) in [5.74, 6) is 0. The molecule has 0 aromatic carbocycles. The Labute approximate surface area is 74.3 Å². The Hall–Kier alpha value is -1.05. The standard InChI is InChI=1S/C10H16N2/c1-9-10(2,3)6-5-7-11-8-12(9)4/h5-7H,1,8H2,2-4H3/b6-5-,11-7?. The number of allylic oxidation sites excluding steroid dienone is 2. The second kappa shape index (κ2) is 3.13. The predicted molar refractivity (Wildman–Crippen MR) is 53.2 cm³/mol. The molecule has 12 heavy (non-hydrogen) atoms. The fraction of sp³-hybridized carbons (Fsp3) is 0.500. The van der Waals surface area contributed by atoms with Gasteiger partial charge in [-0.05, 0) is 6.08 Å². The summed E-state index contributed by atoms with van der Waals surface area (Å²) in [5.41, 5.74) is 1.15. The van der Waals surface area contributed by atoms with E-state index in [0.717, 1.165) is 5.70 Å². The molecule has 0 atom stereocenters. The van der Waals surface area contributed by atoms with Crippen molar-refractivity contribution in [2.24, 2.45) is 10.4 Å². The van der Waals surface area contributed by atoms with Gasteiger partial charge in [-0.25, -0.2) is 0 Å². The van der Waals surface area contributed by atoms with E-state index in [1.807, 2.05) is 19.3 Å². The van der Waals surface area contributed by atoms with Crippen molar-refractivity contribution in [1.29, 1.82) is 0 Å². The second-order valence-electron chi connectivity index (χ2n) is 3.70. The highest BCUT2D eigenvalue weighted by atomic mass is 15.2. The topological polar surface area (TPSA) is 15.6 Å². The van der Waals surface area contributed by atoms with Gasteiger partial charge in [-0.3, -0.25) is 4.99 Å². The highest BCUT2D eigenvalue weighted by molar-refractivity contribution is 5.71. The van der Waals surface area contributed by atoms with Crippen molar-refractivity contribution in [3.8, 4) is 0 Å². The highest BCUT2D eigenvalue weighted by Gasteiger charge is 2.21. The quantitative estimate of drug-likeness (QED) is 0.535. The van der Waals surface area contributed by atoms with Gasteiger partial charge in [0.2, 0.25) is 0 Å². The van der Waals surface area contributed by atoms with Crippen LogP contribution in [0.5, 0.6) is 0 Å². The molecule has 0 bridgehead atoms. The minimum absolute atomic E-state index is 0.0428. The van der Waals surface area contributed by atoms with E-state index in [1.165, 1.54) is 0 Å².